The second kappa shape index (κ2) is 6.94. The summed E-state index contributed by atoms with van der Waals surface area (Å²) in [6, 6.07) is 10.5. The van der Waals surface area contributed by atoms with Gasteiger partial charge in [0.25, 0.3) is 0 Å². The highest BCUT2D eigenvalue weighted by atomic mass is 16.6. The quantitative estimate of drug-likeness (QED) is 0.855. The zero-order valence-electron chi connectivity index (χ0n) is 13.5. The van der Waals surface area contributed by atoms with Crippen molar-refractivity contribution in [2.24, 2.45) is 5.92 Å². The third kappa shape index (κ3) is 3.56. The fraction of sp³-hybridized carbons (Fsp3) is 0.588. The molecule has 21 heavy (non-hydrogen) atoms. The van der Waals surface area contributed by atoms with Crippen LogP contribution in [0.15, 0.2) is 30.3 Å². The van der Waals surface area contributed by atoms with Gasteiger partial charge in [-0.05, 0) is 45.4 Å². The van der Waals surface area contributed by atoms with Gasteiger partial charge in [0, 0.05) is 24.3 Å². The number of carbonyl (C=O) groups is 1. The number of hydrogen-bond donors (Lipinski definition) is 0. The lowest BCUT2D eigenvalue weighted by atomic mass is 9.88. The lowest BCUT2D eigenvalue weighted by Crippen LogP contribution is -2.54. The molecule has 4 nitrogen and oxygen atoms in total. The zero-order valence-corrected chi connectivity index (χ0v) is 13.5. The highest BCUT2D eigenvalue weighted by Crippen LogP contribution is 2.30. The molecule has 0 saturated carbocycles. The number of carbonyl (C=O) groups excluding carboxylic acids is 1. The number of para-hydroxylation sites is 1. The Balaban J connectivity index is 2.29. The maximum Gasteiger partial charge on any atom is 0.414 e. The highest BCUT2D eigenvalue weighted by Gasteiger charge is 2.36. The number of anilines is 1. The van der Waals surface area contributed by atoms with Crippen molar-refractivity contribution in [1.29, 1.82) is 0 Å². The Morgan fingerprint density at radius 1 is 1.33 bits per heavy atom. The van der Waals surface area contributed by atoms with Crippen LogP contribution in [0.1, 0.15) is 27.2 Å². The first-order valence-corrected chi connectivity index (χ1v) is 7.75. The van der Waals surface area contributed by atoms with Crippen LogP contribution in [0.4, 0.5) is 10.5 Å². The number of likely N-dealkylation sites (tertiary alicyclic amines) is 1. The summed E-state index contributed by atoms with van der Waals surface area (Å²) >= 11 is 0. The van der Waals surface area contributed by atoms with Gasteiger partial charge in [0.1, 0.15) is 0 Å². The van der Waals surface area contributed by atoms with Gasteiger partial charge < -0.3 is 9.64 Å². The zero-order chi connectivity index (χ0) is 15.4. The molecule has 1 heterocycles. The number of piperidine rings is 1. The van der Waals surface area contributed by atoms with Crippen molar-refractivity contribution in [3.8, 4) is 0 Å². The molecule has 3 atom stereocenters. The van der Waals surface area contributed by atoms with Gasteiger partial charge in [-0.25, -0.2) is 4.79 Å². The van der Waals surface area contributed by atoms with Crippen LogP contribution in [0.2, 0.25) is 0 Å². The predicted octanol–water partition coefficient (Wildman–Crippen LogP) is 3.38. The molecule has 0 bridgehead atoms. The molecule has 0 radical (unpaired) electrons. The third-order valence-electron chi connectivity index (χ3n) is 4.40. The van der Waals surface area contributed by atoms with E-state index in [1.165, 1.54) is 0 Å². The van der Waals surface area contributed by atoms with Crippen molar-refractivity contribution in [1.82, 2.24) is 4.90 Å². The molecule has 1 saturated heterocycles. The van der Waals surface area contributed by atoms with Crippen LogP contribution in [0.5, 0.6) is 0 Å². The number of ether oxygens (including phenoxy) is 1. The minimum absolute atomic E-state index is 0.178. The van der Waals surface area contributed by atoms with Crippen molar-refractivity contribution >= 4 is 11.8 Å². The van der Waals surface area contributed by atoms with Crippen molar-refractivity contribution in [3.63, 3.8) is 0 Å². The molecule has 0 spiro atoms. The summed E-state index contributed by atoms with van der Waals surface area (Å²) in [5, 5.41) is 0. The van der Waals surface area contributed by atoms with E-state index in [0.29, 0.717) is 18.6 Å². The Labute approximate surface area is 127 Å². The van der Waals surface area contributed by atoms with Gasteiger partial charge in [-0.2, -0.15) is 0 Å². The highest BCUT2D eigenvalue weighted by molar-refractivity contribution is 5.88. The van der Waals surface area contributed by atoms with Gasteiger partial charge >= 0.3 is 6.09 Å². The molecular weight excluding hydrogens is 264 g/mol. The van der Waals surface area contributed by atoms with E-state index in [9.17, 15) is 4.79 Å². The average Bonchev–Trinajstić information content (AvgIpc) is 2.46. The van der Waals surface area contributed by atoms with E-state index in [4.69, 9.17) is 4.74 Å². The van der Waals surface area contributed by atoms with Crippen LogP contribution >= 0.6 is 0 Å². The standard InChI is InChI=1S/C17H26N2O2/c1-5-21-17(20)19(15-9-7-6-8-10-15)16-11-14(3)18(4)12-13(16)2/h6-10,13-14,16H,5,11-12H2,1-4H3. The Morgan fingerprint density at radius 3 is 2.62 bits per heavy atom. The predicted molar refractivity (Wildman–Crippen MR) is 85.6 cm³/mol. The molecule has 3 unspecified atom stereocenters. The fourth-order valence-electron chi connectivity index (χ4n) is 3.09. The van der Waals surface area contributed by atoms with Crippen molar-refractivity contribution in [2.45, 2.75) is 39.3 Å². The molecule has 0 N–H and O–H groups in total. The monoisotopic (exact) mass is 290 g/mol. The van der Waals surface area contributed by atoms with Crippen LogP contribution < -0.4 is 4.90 Å². The Kier molecular flexibility index (Phi) is 5.23. The summed E-state index contributed by atoms with van der Waals surface area (Å²) in [6.45, 7) is 7.67. The normalized spacial score (nSPS) is 26.4. The molecule has 1 aromatic carbocycles. The van der Waals surface area contributed by atoms with Crippen molar-refractivity contribution in [3.05, 3.63) is 30.3 Å². The van der Waals surface area contributed by atoms with Crippen LogP contribution in [0.3, 0.4) is 0 Å². The second-order valence-electron chi connectivity index (χ2n) is 5.97. The first kappa shape index (κ1) is 15.8. The van der Waals surface area contributed by atoms with Gasteiger partial charge in [-0.3, -0.25) is 4.90 Å². The van der Waals surface area contributed by atoms with E-state index >= 15 is 0 Å². The lowest BCUT2D eigenvalue weighted by Gasteiger charge is -2.44. The topological polar surface area (TPSA) is 32.8 Å². The molecule has 116 valence electrons. The molecular formula is C17H26N2O2. The third-order valence-corrected chi connectivity index (χ3v) is 4.40. The minimum Gasteiger partial charge on any atom is -0.449 e. The number of hydrogen-bond acceptors (Lipinski definition) is 3. The van der Waals surface area contributed by atoms with Gasteiger partial charge in [0.05, 0.1) is 6.61 Å². The van der Waals surface area contributed by atoms with Gasteiger partial charge in [-0.15, -0.1) is 0 Å². The Hall–Kier alpha value is -1.55. The van der Waals surface area contributed by atoms with Gasteiger partial charge in [0.2, 0.25) is 0 Å². The first-order valence-electron chi connectivity index (χ1n) is 7.75. The fourth-order valence-corrected chi connectivity index (χ4v) is 3.09. The van der Waals surface area contributed by atoms with Crippen LogP contribution in [0, 0.1) is 5.92 Å². The molecule has 1 aliphatic heterocycles. The summed E-state index contributed by atoms with van der Waals surface area (Å²) < 4.78 is 5.30. The summed E-state index contributed by atoms with van der Waals surface area (Å²) in [7, 11) is 2.15. The molecule has 1 fully saturated rings. The summed E-state index contributed by atoms with van der Waals surface area (Å²) in [6.07, 6.45) is 0.725. The van der Waals surface area contributed by atoms with E-state index in [1.807, 2.05) is 42.2 Å². The smallest absolute Gasteiger partial charge is 0.414 e. The van der Waals surface area contributed by atoms with Crippen molar-refractivity contribution < 1.29 is 9.53 Å². The molecule has 1 aliphatic rings. The minimum atomic E-state index is -0.239. The van der Waals surface area contributed by atoms with Crippen LogP contribution in [-0.2, 0) is 4.74 Å². The first-order chi connectivity index (χ1) is 10.0. The second-order valence-corrected chi connectivity index (χ2v) is 5.97. The Morgan fingerprint density at radius 2 is 2.00 bits per heavy atom. The van der Waals surface area contributed by atoms with Gasteiger partial charge in [-0.1, -0.05) is 25.1 Å². The van der Waals surface area contributed by atoms with Crippen molar-refractivity contribution in [2.75, 3.05) is 25.1 Å². The van der Waals surface area contributed by atoms with Gasteiger partial charge in [0.15, 0.2) is 0 Å². The van der Waals surface area contributed by atoms with Crippen LogP contribution in [-0.4, -0.2) is 43.3 Å². The molecule has 1 aromatic rings. The molecule has 4 heteroatoms. The van der Waals surface area contributed by atoms with Crippen LogP contribution in [0.25, 0.3) is 0 Å². The number of rotatable bonds is 3. The number of nitrogens with zero attached hydrogens (tertiary/aromatic N) is 2. The van der Waals surface area contributed by atoms with E-state index < -0.39 is 0 Å². The average molecular weight is 290 g/mol. The largest absolute Gasteiger partial charge is 0.449 e. The Bertz CT molecular complexity index is 463. The van der Waals surface area contributed by atoms with E-state index in [0.717, 1.165) is 18.7 Å². The molecule has 0 aromatic heterocycles. The molecule has 1 amide bonds. The summed E-state index contributed by atoms with van der Waals surface area (Å²) in [5.41, 5.74) is 0.921. The number of benzene rings is 1. The lowest BCUT2D eigenvalue weighted by molar-refractivity contribution is 0.119. The summed E-state index contributed by atoms with van der Waals surface area (Å²) in [5.74, 6) is 0.413. The maximum atomic E-state index is 12.5. The SMILES string of the molecule is CCOC(=O)N(c1ccccc1)C1CC(C)N(C)CC1C. The molecule has 0 aliphatic carbocycles. The van der Waals surface area contributed by atoms with E-state index in [2.05, 4.69) is 25.8 Å². The van der Waals surface area contributed by atoms with E-state index in [1.54, 1.807) is 0 Å². The summed E-state index contributed by atoms with van der Waals surface area (Å²) in [4.78, 5) is 16.7. The van der Waals surface area contributed by atoms with E-state index in [-0.39, 0.29) is 12.1 Å². The maximum absolute atomic E-state index is 12.5. The molecule has 2 rings (SSSR count). The number of amides is 1.